The summed E-state index contributed by atoms with van der Waals surface area (Å²) in [5.41, 5.74) is 0. The molecule has 52 valence electrons. The van der Waals surface area contributed by atoms with Gasteiger partial charge in [0.1, 0.15) is 6.10 Å². The summed E-state index contributed by atoms with van der Waals surface area (Å²) in [4.78, 5) is 10.1. The number of carboxylic acids is 1. The molecular weight excluding hydrogens is 122 g/mol. The second-order valence-corrected chi connectivity index (χ2v) is 1.88. The highest BCUT2D eigenvalue weighted by atomic mass is 16.5. The summed E-state index contributed by atoms with van der Waals surface area (Å²) >= 11 is 0. The van der Waals surface area contributed by atoms with Gasteiger partial charge in [-0.05, 0) is 0 Å². The maximum Gasteiger partial charge on any atom is 0.109 e. The van der Waals surface area contributed by atoms with Crippen molar-refractivity contribution in [2.75, 3.05) is 19.7 Å². The van der Waals surface area contributed by atoms with Gasteiger partial charge in [0.15, 0.2) is 0 Å². The maximum absolute atomic E-state index is 10.1. The van der Waals surface area contributed by atoms with E-state index in [0.717, 1.165) is 6.54 Å². The highest BCUT2D eigenvalue weighted by Crippen LogP contribution is 1.92. The Hall–Kier alpha value is -0.610. The smallest absolute Gasteiger partial charge is 0.109 e. The zero-order chi connectivity index (χ0) is 6.69. The lowest BCUT2D eigenvalue weighted by Gasteiger charge is -2.23. The van der Waals surface area contributed by atoms with Gasteiger partial charge in [0, 0.05) is 13.1 Å². The molecule has 4 heteroatoms. The van der Waals surface area contributed by atoms with Gasteiger partial charge >= 0.3 is 0 Å². The first-order chi connectivity index (χ1) is 4.30. The van der Waals surface area contributed by atoms with Gasteiger partial charge < -0.3 is 20.0 Å². The highest BCUT2D eigenvalue weighted by Gasteiger charge is 2.12. The Labute approximate surface area is 52.8 Å². The first-order valence-corrected chi connectivity index (χ1v) is 2.84. The van der Waals surface area contributed by atoms with Crippen LogP contribution in [0.5, 0.6) is 0 Å². The van der Waals surface area contributed by atoms with Crippen molar-refractivity contribution in [3.8, 4) is 0 Å². The SMILES string of the molecule is O=C([O-])C1CNCCO1. The monoisotopic (exact) mass is 130 g/mol. The van der Waals surface area contributed by atoms with E-state index in [0.29, 0.717) is 13.2 Å². The van der Waals surface area contributed by atoms with E-state index in [1.54, 1.807) is 0 Å². The Kier molecular flexibility index (Phi) is 2.02. The number of nitrogens with one attached hydrogen (secondary N) is 1. The quantitative estimate of drug-likeness (QED) is 0.434. The average molecular weight is 130 g/mol. The van der Waals surface area contributed by atoms with Gasteiger partial charge in [0.25, 0.3) is 0 Å². The number of carbonyl (C=O) groups excluding carboxylic acids is 1. The minimum absolute atomic E-state index is 0.363. The molecule has 1 fully saturated rings. The molecule has 0 amide bonds. The maximum atomic E-state index is 10.1. The average Bonchev–Trinajstić information content (AvgIpc) is 1.90. The molecule has 0 bridgehead atoms. The molecule has 1 heterocycles. The molecule has 0 radical (unpaired) electrons. The van der Waals surface area contributed by atoms with Crippen molar-refractivity contribution in [1.82, 2.24) is 5.32 Å². The molecule has 0 spiro atoms. The molecule has 0 aromatic heterocycles. The van der Waals surface area contributed by atoms with E-state index in [-0.39, 0.29) is 0 Å². The minimum atomic E-state index is -1.14. The number of carbonyl (C=O) groups is 1. The van der Waals surface area contributed by atoms with Crippen LogP contribution in [0.2, 0.25) is 0 Å². The fourth-order valence-electron chi connectivity index (χ4n) is 0.717. The Morgan fingerprint density at radius 1 is 1.78 bits per heavy atom. The fraction of sp³-hybridized carbons (Fsp3) is 0.800. The number of rotatable bonds is 1. The lowest BCUT2D eigenvalue weighted by atomic mass is 10.3. The number of ether oxygens (including phenoxy) is 1. The van der Waals surface area contributed by atoms with Crippen LogP contribution in [-0.2, 0) is 9.53 Å². The molecule has 0 aromatic rings. The van der Waals surface area contributed by atoms with Crippen molar-refractivity contribution in [2.24, 2.45) is 0 Å². The fourth-order valence-corrected chi connectivity index (χ4v) is 0.717. The Bertz CT molecular complexity index is 109. The van der Waals surface area contributed by atoms with Crippen molar-refractivity contribution >= 4 is 5.97 Å². The van der Waals surface area contributed by atoms with Crippen molar-refractivity contribution < 1.29 is 14.6 Å². The number of morpholine rings is 1. The first kappa shape index (κ1) is 6.51. The van der Waals surface area contributed by atoms with Crippen LogP contribution in [0, 0.1) is 0 Å². The van der Waals surface area contributed by atoms with E-state index in [1.807, 2.05) is 0 Å². The molecule has 1 aliphatic heterocycles. The molecular formula is C5H8NO3-. The third-order valence-electron chi connectivity index (χ3n) is 1.19. The van der Waals surface area contributed by atoms with Gasteiger partial charge in [-0.3, -0.25) is 0 Å². The van der Waals surface area contributed by atoms with Crippen LogP contribution < -0.4 is 10.4 Å². The number of aliphatic carboxylic acids is 1. The zero-order valence-electron chi connectivity index (χ0n) is 4.92. The molecule has 4 nitrogen and oxygen atoms in total. The zero-order valence-corrected chi connectivity index (χ0v) is 4.92. The Morgan fingerprint density at radius 3 is 2.89 bits per heavy atom. The van der Waals surface area contributed by atoms with Gasteiger partial charge in [-0.25, -0.2) is 0 Å². The molecule has 1 atom stereocenters. The van der Waals surface area contributed by atoms with E-state index in [9.17, 15) is 9.90 Å². The van der Waals surface area contributed by atoms with Crippen LogP contribution in [0.25, 0.3) is 0 Å². The van der Waals surface area contributed by atoms with Crippen molar-refractivity contribution in [2.45, 2.75) is 6.10 Å². The second-order valence-electron chi connectivity index (χ2n) is 1.88. The largest absolute Gasteiger partial charge is 0.547 e. The number of carboxylic acid groups (broad SMARTS) is 1. The van der Waals surface area contributed by atoms with E-state index < -0.39 is 12.1 Å². The summed E-state index contributed by atoms with van der Waals surface area (Å²) in [5.74, 6) is -1.14. The topological polar surface area (TPSA) is 61.4 Å². The normalized spacial score (nSPS) is 27.8. The van der Waals surface area contributed by atoms with Gasteiger partial charge in [0.05, 0.1) is 12.6 Å². The molecule has 1 unspecified atom stereocenters. The summed E-state index contributed by atoms with van der Waals surface area (Å²) in [6.45, 7) is 1.55. The molecule has 0 aliphatic carbocycles. The predicted octanol–water partition coefficient (Wildman–Crippen LogP) is -2.28. The van der Waals surface area contributed by atoms with Crippen LogP contribution in [0.15, 0.2) is 0 Å². The summed E-state index contributed by atoms with van der Waals surface area (Å²) in [7, 11) is 0. The standard InChI is InChI=1S/C5H9NO3/c7-5(8)4-3-6-1-2-9-4/h4,6H,1-3H2,(H,7,8)/p-1. The third kappa shape index (κ3) is 1.65. The van der Waals surface area contributed by atoms with Gasteiger partial charge in [0.2, 0.25) is 0 Å². The second kappa shape index (κ2) is 2.80. The first-order valence-electron chi connectivity index (χ1n) is 2.84. The molecule has 0 aromatic carbocycles. The van der Waals surface area contributed by atoms with Gasteiger partial charge in [-0.1, -0.05) is 0 Å². The lowest BCUT2D eigenvalue weighted by Crippen LogP contribution is -2.48. The van der Waals surface area contributed by atoms with Crippen molar-refractivity contribution in [3.05, 3.63) is 0 Å². The summed E-state index contributed by atoms with van der Waals surface area (Å²) in [5, 5.41) is 12.9. The Morgan fingerprint density at radius 2 is 2.56 bits per heavy atom. The van der Waals surface area contributed by atoms with Crippen LogP contribution in [0.3, 0.4) is 0 Å². The van der Waals surface area contributed by atoms with E-state index in [2.05, 4.69) is 5.32 Å². The molecule has 1 rings (SSSR count). The Balaban J connectivity index is 2.31. The molecule has 1 aliphatic rings. The number of hydrogen-bond donors (Lipinski definition) is 1. The number of hydrogen-bond acceptors (Lipinski definition) is 4. The lowest BCUT2D eigenvalue weighted by molar-refractivity contribution is -0.317. The van der Waals surface area contributed by atoms with Crippen LogP contribution in [-0.4, -0.2) is 31.8 Å². The molecule has 1 N–H and O–H groups in total. The molecule has 9 heavy (non-hydrogen) atoms. The van der Waals surface area contributed by atoms with Gasteiger partial charge in [-0.2, -0.15) is 0 Å². The van der Waals surface area contributed by atoms with Crippen molar-refractivity contribution in [3.63, 3.8) is 0 Å². The summed E-state index contributed by atoms with van der Waals surface area (Å²) in [6, 6.07) is 0. The summed E-state index contributed by atoms with van der Waals surface area (Å²) < 4.78 is 4.81. The predicted molar refractivity (Wildman–Crippen MR) is 27.6 cm³/mol. The van der Waals surface area contributed by atoms with E-state index in [4.69, 9.17) is 4.74 Å². The van der Waals surface area contributed by atoms with E-state index >= 15 is 0 Å². The van der Waals surface area contributed by atoms with Crippen LogP contribution in [0.1, 0.15) is 0 Å². The molecule has 0 saturated carbocycles. The van der Waals surface area contributed by atoms with E-state index in [1.165, 1.54) is 0 Å². The molecule has 1 saturated heterocycles. The van der Waals surface area contributed by atoms with Gasteiger partial charge in [-0.15, -0.1) is 0 Å². The minimum Gasteiger partial charge on any atom is -0.547 e. The highest BCUT2D eigenvalue weighted by molar-refractivity contribution is 5.70. The third-order valence-corrected chi connectivity index (χ3v) is 1.19. The van der Waals surface area contributed by atoms with Crippen LogP contribution in [0.4, 0.5) is 0 Å². The van der Waals surface area contributed by atoms with Crippen molar-refractivity contribution in [1.29, 1.82) is 0 Å². The summed E-state index contributed by atoms with van der Waals surface area (Å²) in [6.07, 6.45) is -0.751. The van der Waals surface area contributed by atoms with Crippen LogP contribution >= 0.6 is 0 Å².